The number of H-pyrrole nitrogens is 1. The first-order valence-corrected chi connectivity index (χ1v) is 12.0. The fourth-order valence-corrected chi connectivity index (χ4v) is 5.09. The predicted molar refractivity (Wildman–Crippen MR) is 140 cm³/mol. The van der Waals surface area contributed by atoms with Crippen LogP contribution in [0.1, 0.15) is 16.1 Å². The van der Waals surface area contributed by atoms with Crippen molar-refractivity contribution < 1.29 is 0 Å². The molecule has 5 nitrogen and oxygen atoms in total. The number of benzene rings is 2. The third-order valence-corrected chi connectivity index (χ3v) is 6.87. The van der Waals surface area contributed by atoms with Crippen LogP contribution in [0.15, 0.2) is 84.2 Å². The standard InChI is InChI=1S/C27H30N4OS/c1-4-14-31(19-23(30(2)3)15-20-10-6-5-7-11-20)27-28-22(18-26(32)29-27)17-24-16-21-12-8-9-13-25(21)33-24/h4-13,16,18,23H,1,14-15,17,19H2,2-3H3,(H,28,29,32)/t23-/m0/s1. The zero-order valence-electron chi connectivity index (χ0n) is 19.2. The van der Waals surface area contributed by atoms with Gasteiger partial charge in [-0.15, -0.1) is 17.9 Å². The van der Waals surface area contributed by atoms with E-state index in [2.05, 4.69) is 95.0 Å². The molecule has 0 bridgehead atoms. The molecule has 0 aliphatic carbocycles. The Bertz CT molecular complexity index is 1230. The molecule has 0 saturated carbocycles. The molecule has 0 saturated heterocycles. The Hall–Kier alpha value is -3.22. The highest BCUT2D eigenvalue weighted by Crippen LogP contribution is 2.27. The minimum absolute atomic E-state index is 0.224. The van der Waals surface area contributed by atoms with Gasteiger partial charge in [0.05, 0.1) is 0 Å². The maximum absolute atomic E-state index is 12.5. The van der Waals surface area contributed by atoms with E-state index in [0.717, 1.165) is 18.7 Å². The Morgan fingerprint density at radius 3 is 2.58 bits per heavy atom. The number of likely N-dealkylation sites (N-methyl/N-ethyl adjacent to an activating group) is 1. The van der Waals surface area contributed by atoms with Crippen molar-refractivity contribution in [3.8, 4) is 0 Å². The molecule has 0 aliphatic rings. The monoisotopic (exact) mass is 458 g/mol. The van der Waals surface area contributed by atoms with Crippen LogP contribution in [0.5, 0.6) is 0 Å². The van der Waals surface area contributed by atoms with Crippen LogP contribution in [0.25, 0.3) is 10.1 Å². The predicted octanol–water partition coefficient (Wildman–Crippen LogP) is 4.74. The number of fused-ring (bicyclic) bond motifs is 1. The van der Waals surface area contributed by atoms with E-state index in [1.165, 1.54) is 20.5 Å². The molecule has 33 heavy (non-hydrogen) atoms. The second kappa shape index (κ2) is 10.6. The van der Waals surface area contributed by atoms with Crippen LogP contribution in [0.2, 0.25) is 0 Å². The second-order valence-electron chi connectivity index (χ2n) is 8.50. The van der Waals surface area contributed by atoms with Crippen molar-refractivity contribution in [2.45, 2.75) is 18.9 Å². The average molecular weight is 459 g/mol. The summed E-state index contributed by atoms with van der Waals surface area (Å²) in [6.45, 7) is 5.26. The molecule has 4 aromatic rings. The van der Waals surface area contributed by atoms with Gasteiger partial charge < -0.3 is 14.8 Å². The van der Waals surface area contributed by atoms with Crippen LogP contribution in [0, 0.1) is 0 Å². The number of nitrogens with zero attached hydrogens (tertiary/aromatic N) is 3. The van der Waals surface area contributed by atoms with Crippen LogP contribution in [0.4, 0.5) is 5.95 Å². The van der Waals surface area contributed by atoms with Crippen LogP contribution in [0.3, 0.4) is 0 Å². The lowest BCUT2D eigenvalue weighted by Gasteiger charge is -2.31. The molecule has 2 heterocycles. The third-order valence-electron chi connectivity index (χ3n) is 5.75. The molecule has 0 fully saturated rings. The Labute approximate surface area is 199 Å². The Balaban J connectivity index is 1.58. The highest BCUT2D eigenvalue weighted by molar-refractivity contribution is 7.19. The number of rotatable bonds is 10. The first-order chi connectivity index (χ1) is 16.0. The van der Waals surface area contributed by atoms with E-state index in [-0.39, 0.29) is 11.6 Å². The van der Waals surface area contributed by atoms with Crippen molar-refractivity contribution >= 4 is 27.4 Å². The number of thiophene rings is 1. The van der Waals surface area contributed by atoms with Gasteiger partial charge in [0.25, 0.3) is 5.56 Å². The van der Waals surface area contributed by atoms with E-state index in [4.69, 9.17) is 0 Å². The summed E-state index contributed by atoms with van der Waals surface area (Å²) in [4.78, 5) is 25.8. The normalized spacial score (nSPS) is 12.2. The molecule has 1 atom stereocenters. The highest BCUT2D eigenvalue weighted by atomic mass is 32.1. The Kier molecular flexibility index (Phi) is 7.37. The van der Waals surface area contributed by atoms with Gasteiger partial charge in [-0.25, -0.2) is 0 Å². The first kappa shape index (κ1) is 23.0. The molecule has 0 radical (unpaired) electrons. The summed E-state index contributed by atoms with van der Waals surface area (Å²) in [5.74, 6) is 0.596. The van der Waals surface area contributed by atoms with Gasteiger partial charge in [0.1, 0.15) is 0 Å². The zero-order chi connectivity index (χ0) is 23.2. The maximum atomic E-state index is 12.5. The summed E-state index contributed by atoms with van der Waals surface area (Å²) < 4.78 is 1.26. The number of nitrogens with one attached hydrogen (secondary N) is 1. The highest BCUT2D eigenvalue weighted by Gasteiger charge is 2.19. The van der Waals surface area contributed by atoms with Gasteiger partial charge in [0.2, 0.25) is 5.95 Å². The number of anilines is 1. The van der Waals surface area contributed by atoms with Crippen molar-refractivity contribution in [1.82, 2.24) is 14.9 Å². The summed E-state index contributed by atoms with van der Waals surface area (Å²) >= 11 is 1.76. The van der Waals surface area contributed by atoms with Crippen molar-refractivity contribution in [2.75, 3.05) is 32.1 Å². The minimum atomic E-state index is -0.224. The Morgan fingerprint density at radius 2 is 1.85 bits per heavy atom. The van der Waals surface area contributed by atoms with Crippen molar-refractivity contribution in [2.24, 2.45) is 0 Å². The molecule has 0 spiro atoms. The van der Waals surface area contributed by atoms with Crippen molar-refractivity contribution in [1.29, 1.82) is 0 Å². The van der Waals surface area contributed by atoms with E-state index in [1.54, 1.807) is 17.4 Å². The number of hydrogen-bond donors (Lipinski definition) is 1. The van der Waals surface area contributed by atoms with Crippen LogP contribution >= 0.6 is 11.3 Å². The lowest BCUT2D eigenvalue weighted by atomic mass is 10.0. The molecule has 2 aromatic carbocycles. The van der Waals surface area contributed by atoms with E-state index >= 15 is 0 Å². The van der Waals surface area contributed by atoms with Gasteiger partial charge in [0.15, 0.2) is 0 Å². The molecular weight excluding hydrogens is 428 g/mol. The van der Waals surface area contributed by atoms with E-state index in [1.807, 2.05) is 12.1 Å². The topological polar surface area (TPSA) is 52.2 Å². The fraction of sp³-hybridized carbons (Fsp3) is 0.259. The van der Waals surface area contributed by atoms with E-state index in [9.17, 15) is 4.79 Å². The average Bonchev–Trinajstić information content (AvgIpc) is 3.20. The van der Waals surface area contributed by atoms with Gasteiger partial charge >= 0.3 is 0 Å². The molecule has 4 rings (SSSR count). The molecule has 0 aliphatic heterocycles. The lowest BCUT2D eigenvalue weighted by molar-refractivity contribution is 0.293. The van der Waals surface area contributed by atoms with Crippen LogP contribution in [-0.4, -0.2) is 48.1 Å². The third kappa shape index (κ3) is 5.97. The summed E-state index contributed by atoms with van der Waals surface area (Å²) in [5, 5.41) is 1.23. The van der Waals surface area contributed by atoms with Gasteiger partial charge in [-0.05, 0) is 43.6 Å². The van der Waals surface area contributed by atoms with Crippen LogP contribution < -0.4 is 10.5 Å². The van der Waals surface area contributed by atoms with Gasteiger partial charge in [-0.1, -0.05) is 54.6 Å². The Morgan fingerprint density at radius 1 is 1.09 bits per heavy atom. The summed E-state index contributed by atoms with van der Waals surface area (Å²) in [6, 6.07) is 22.9. The maximum Gasteiger partial charge on any atom is 0.274 e. The molecular formula is C27H30N4OS. The lowest BCUT2D eigenvalue weighted by Crippen LogP contribution is -2.43. The molecule has 170 valence electrons. The summed E-state index contributed by atoms with van der Waals surface area (Å²) in [5.41, 5.74) is 1.93. The first-order valence-electron chi connectivity index (χ1n) is 11.2. The molecule has 0 amide bonds. The SMILES string of the molecule is C=CCN(C[C@H](Cc1ccccc1)N(C)C)c1nc(=O)cc(Cc2cc3ccccc3s2)[nH]1. The van der Waals surface area contributed by atoms with Crippen LogP contribution in [-0.2, 0) is 12.8 Å². The van der Waals surface area contributed by atoms with Gasteiger partial charge in [-0.3, -0.25) is 4.79 Å². The van der Waals surface area contributed by atoms with Gasteiger partial charge in [0, 0.05) is 46.9 Å². The summed E-state index contributed by atoms with van der Waals surface area (Å²) in [6.07, 6.45) is 3.44. The van der Waals surface area contributed by atoms with Crippen molar-refractivity contribution in [3.63, 3.8) is 0 Å². The molecule has 6 heteroatoms. The van der Waals surface area contributed by atoms with Crippen molar-refractivity contribution in [3.05, 3.63) is 106 Å². The largest absolute Gasteiger partial charge is 0.337 e. The quantitative estimate of drug-likeness (QED) is 0.349. The molecule has 2 aromatic heterocycles. The number of aromatic amines is 1. The summed E-state index contributed by atoms with van der Waals surface area (Å²) in [7, 11) is 4.18. The molecule has 0 unspecified atom stereocenters. The van der Waals surface area contributed by atoms with E-state index < -0.39 is 0 Å². The van der Waals surface area contributed by atoms with E-state index in [0.29, 0.717) is 18.9 Å². The minimum Gasteiger partial charge on any atom is -0.337 e. The molecule has 1 N–H and O–H groups in total. The fourth-order valence-electron chi connectivity index (χ4n) is 4.00. The number of hydrogen-bond acceptors (Lipinski definition) is 5. The number of aromatic nitrogens is 2. The zero-order valence-corrected chi connectivity index (χ0v) is 20.0. The smallest absolute Gasteiger partial charge is 0.274 e. The van der Waals surface area contributed by atoms with Gasteiger partial charge in [-0.2, -0.15) is 4.98 Å². The second-order valence-corrected chi connectivity index (χ2v) is 9.66.